The van der Waals surface area contributed by atoms with Crippen LogP contribution in [0, 0.1) is 0 Å². The van der Waals surface area contributed by atoms with Gasteiger partial charge in [0.25, 0.3) is 0 Å². The van der Waals surface area contributed by atoms with Gasteiger partial charge in [0.05, 0.1) is 4.83 Å². The van der Waals surface area contributed by atoms with Crippen LogP contribution in [0.2, 0.25) is 0 Å². The summed E-state index contributed by atoms with van der Waals surface area (Å²) in [6.07, 6.45) is 6.17. The van der Waals surface area contributed by atoms with E-state index in [4.69, 9.17) is 0 Å². The van der Waals surface area contributed by atoms with Gasteiger partial charge in [-0.2, -0.15) is 0 Å². The maximum Gasteiger partial charge on any atom is 0.0621 e. The molecule has 0 aliphatic heterocycles. The van der Waals surface area contributed by atoms with E-state index in [1.807, 2.05) is 12.2 Å². The highest BCUT2D eigenvalue weighted by Crippen LogP contribution is 2.29. The standard InChI is InChI=1S/C6H5Br3/c7-4-2-1-3-5(8)6(4)9/h1-4,6H. The van der Waals surface area contributed by atoms with Crippen molar-refractivity contribution in [1.82, 2.24) is 0 Å². The second kappa shape index (κ2) is 3.35. The van der Waals surface area contributed by atoms with Crippen LogP contribution in [0.3, 0.4) is 0 Å². The molecule has 0 bridgehead atoms. The third kappa shape index (κ3) is 1.92. The molecule has 0 fully saturated rings. The maximum atomic E-state index is 3.51. The summed E-state index contributed by atoms with van der Waals surface area (Å²) in [7, 11) is 0. The lowest BCUT2D eigenvalue weighted by molar-refractivity contribution is 1.10. The molecule has 0 spiro atoms. The van der Waals surface area contributed by atoms with Crippen LogP contribution in [0.5, 0.6) is 0 Å². The smallest absolute Gasteiger partial charge is 0.0621 e. The van der Waals surface area contributed by atoms with Crippen LogP contribution in [0.25, 0.3) is 0 Å². The Morgan fingerprint density at radius 3 is 2.44 bits per heavy atom. The Bertz CT molecular complexity index is 160. The van der Waals surface area contributed by atoms with Crippen LogP contribution in [0.4, 0.5) is 0 Å². The zero-order valence-corrected chi connectivity index (χ0v) is 9.28. The predicted octanol–water partition coefficient (Wildman–Crippen LogP) is 3.36. The average Bonchev–Trinajstić information content (AvgIpc) is 1.83. The van der Waals surface area contributed by atoms with Crippen LogP contribution in [-0.2, 0) is 0 Å². The Morgan fingerprint density at radius 1 is 1.33 bits per heavy atom. The summed E-state index contributed by atoms with van der Waals surface area (Å²) in [5.74, 6) is 0. The number of halogens is 3. The first-order valence-corrected chi connectivity index (χ1v) is 5.16. The summed E-state index contributed by atoms with van der Waals surface area (Å²) in [5, 5.41) is 0. The average molecular weight is 317 g/mol. The van der Waals surface area contributed by atoms with Gasteiger partial charge >= 0.3 is 0 Å². The van der Waals surface area contributed by atoms with Gasteiger partial charge in [0, 0.05) is 9.31 Å². The lowest BCUT2D eigenvalue weighted by Crippen LogP contribution is -2.13. The van der Waals surface area contributed by atoms with E-state index < -0.39 is 0 Å². The van der Waals surface area contributed by atoms with Gasteiger partial charge in [0.1, 0.15) is 0 Å². The lowest BCUT2D eigenvalue weighted by Gasteiger charge is -2.15. The van der Waals surface area contributed by atoms with Crippen molar-refractivity contribution in [3.8, 4) is 0 Å². The second-order valence-electron chi connectivity index (χ2n) is 1.78. The zero-order valence-electron chi connectivity index (χ0n) is 4.52. The molecule has 0 nitrogen and oxygen atoms in total. The van der Waals surface area contributed by atoms with E-state index in [0.29, 0.717) is 9.65 Å². The van der Waals surface area contributed by atoms with E-state index >= 15 is 0 Å². The molecular formula is C6H5Br3. The largest absolute Gasteiger partial charge is 0.0829 e. The molecule has 0 radical (unpaired) electrons. The van der Waals surface area contributed by atoms with E-state index in [2.05, 4.69) is 53.9 Å². The quantitative estimate of drug-likeness (QED) is 0.601. The Balaban J connectivity index is 2.73. The second-order valence-corrected chi connectivity index (χ2v) is 4.74. The summed E-state index contributed by atoms with van der Waals surface area (Å²) >= 11 is 10.4. The molecule has 0 aromatic carbocycles. The molecule has 1 aliphatic rings. The van der Waals surface area contributed by atoms with Crippen molar-refractivity contribution in [2.75, 3.05) is 0 Å². The van der Waals surface area contributed by atoms with Crippen molar-refractivity contribution in [3.63, 3.8) is 0 Å². The number of rotatable bonds is 0. The molecule has 1 aliphatic carbocycles. The summed E-state index contributed by atoms with van der Waals surface area (Å²) in [6, 6.07) is 0. The monoisotopic (exact) mass is 314 g/mol. The predicted molar refractivity (Wildman–Crippen MR) is 51.6 cm³/mol. The van der Waals surface area contributed by atoms with E-state index in [0.717, 1.165) is 0 Å². The Morgan fingerprint density at radius 2 is 2.00 bits per heavy atom. The third-order valence-corrected chi connectivity index (χ3v) is 5.07. The van der Waals surface area contributed by atoms with Crippen molar-refractivity contribution >= 4 is 47.8 Å². The van der Waals surface area contributed by atoms with E-state index in [1.54, 1.807) is 0 Å². The minimum absolute atomic E-state index is 0.391. The molecular weight excluding hydrogens is 312 g/mol. The van der Waals surface area contributed by atoms with Crippen molar-refractivity contribution in [1.29, 1.82) is 0 Å². The van der Waals surface area contributed by atoms with Gasteiger partial charge in [-0.05, 0) is 0 Å². The number of allylic oxidation sites excluding steroid dienone is 4. The van der Waals surface area contributed by atoms with Crippen LogP contribution >= 0.6 is 47.8 Å². The van der Waals surface area contributed by atoms with Crippen LogP contribution < -0.4 is 0 Å². The summed E-state index contributed by atoms with van der Waals surface area (Å²) in [5.41, 5.74) is 0. The maximum absolute atomic E-state index is 3.51. The molecule has 2 unspecified atom stereocenters. The highest BCUT2D eigenvalue weighted by molar-refractivity contribution is 9.14. The first kappa shape index (κ1) is 8.02. The SMILES string of the molecule is BrC1=CC=CC(Br)C1Br. The molecule has 9 heavy (non-hydrogen) atoms. The topological polar surface area (TPSA) is 0 Å². The fraction of sp³-hybridized carbons (Fsp3) is 0.333. The molecule has 0 aromatic heterocycles. The molecule has 3 heteroatoms. The molecule has 50 valence electrons. The van der Waals surface area contributed by atoms with Gasteiger partial charge in [-0.25, -0.2) is 0 Å². The summed E-state index contributed by atoms with van der Waals surface area (Å²) in [4.78, 5) is 0.805. The van der Waals surface area contributed by atoms with Gasteiger partial charge in [-0.15, -0.1) is 0 Å². The van der Waals surface area contributed by atoms with Gasteiger partial charge in [-0.1, -0.05) is 66.0 Å². The Kier molecular flexibility index (Phi) is 2.99. The third-order valence-electron chi connectivity index (χ3n) is 1.09. The number of alkyl halides is 2. The fourth-order valence-electron chi connectivity index (χ4n) is 0.595. The van der Waals surface area contributed by atoms with Crippen molar-refractivity contribution in [2.24, 2.45) is 0 Å². The lowest BCUT2D eigenvalue weighted by atomic mass is 10.2. The molecule has 0 saturated carbocycles. The molecule has 0 amide bonds. The van der Waals surface area contributed by atoms with Crippen LogP contribution in [-0.4, -0.2) is 9.65 Å². The number of hydrogen-bond donors (Lipinski definition) is 0. The molecule has 0 saturated heterocycles. The zero-order chi connectivity index (χ0) is 6.85. The molecule has 0 N–H and O–H groups in total. The van der Waals surface area contributed by atoms with E-state index in [9.17, 15) is 0 Å². The van der Waals surface area contributed by atoms with Crippen molar-refractivity contribution < 1.29 is 0 Å². The first-order valence-electron chi connectivity index (χ1n) is 2.54. The molecule has 2 atom stereocenters. The minimum atomic E-state index is 0.391. The van der Waals surface area contributed by atoms with Gasteiger partial charge in [-0.3, -0.25) is 0 Å². The summed E-state index contributed by atoms with van der Waals surface area (Å²) < 4.78 is 1.19. The molecule has 1 rings (SSSR count). The van der Waals surface area contributed by atoms with Gasteiger partial charge in [0.2, 0.25) is 0 Å². The normalized spacial score (nSPS) is 34.3. The van der Waals surface area contributed by atoms with Crippen molar-refractivity contribution in [3.05, 3.63) is 22.7 Å². The van der Waals surface area contributed by atoms with E-state index in [1.165, 1.54) is 4.48 Å². The highest BCUT2D eigenvalue weighted by atomic mass is 79.9. The highest BCUT2D eigenvalue weighted by Gasteiger charge is 2.17. The Labute approximate surface area is 79.8 Å². The van der Waals surface area contributed by atoms with Gasteiger partial charge < -0.3 is 0 Å². The minimum Gasteiger partial charge on any atom is -0.0829 e. The number of hydrogen-bond acceptors (Lipinski definition) is 0. The molecule has 0 heterocycles. The van der Waals surface area contributed by atoms with E-state index in [-0.39, 0.29) is 0 Å². The fourth-order valence-corrected chi connectivity index (χ4v) is 2.18. The summed E-state index contributed by atoms with van der Waals surface area (Å²) in [6.45, 7) is 0. The Hall–Kier alpha value is 0.920. The van der Waals surface area contributed by atoms with Crippen molar-refractivity contribution in [2.45, 2.75) is 9.65 Å². The molecule has 0 aromatic rings. The van der Waals surface area contributed by atoms with Crippen LogP contribution in [0.15, 0.2) is 22.7 Å². The van der Waals surface area contributed by atoms with Crippen LogP contribution in [0.1, 0.15) is 0 Å². The van der Waals surface area contributed by atoms with Gasteiger partial charge in [0.15, 0.2) is 0 Å². The first-order chi connectivity index (χ1) is 4.22.